The van der Waals surface area contributed by atoms with Crippen molar-refractivity contribution in [2.24, 2.45) is 0 Å². The summed E-state index contributed by atoms with van der Waals surface area (Å²) >= 11 is 5.98. The zero-order chi connectivity index (χ0) is 14.6. The predicted molar refractivity (Wildman–Crippen MR) is 79.4 cm³/mol. The molecule has 7 heteroatoms. The van der Waals surface area contributed by atoms with Crippen LogP contribution in [0.3, 0.4) is 0 Å². The fraction of sp³-hybridized carbons (Fsp3) is 0.333. The second-order valence-corrected chi connectivity index (χ2v) is 5.81. The van der Waals surface area contributed by atoms with E-state index in [1.165, 1.54) is 7.11 Å². The molecule has 1 aromatic carbocycles. The number of hydrogen-bond donors (Lipinski definition) is 2. The van der Waals surface area contributed by atoms with E-state index < -0.39 is 21.5 Å². The van der Waals surface area contributed by atoms with Crippen molar-refractivity contribution in [2.45, 2.75) is 16.6 Å². The normalized spacial score (nSPS) is 13.5. The molecule has 0 unspecified atom stereocenters. The third-order valence-corrected chi connectivity index (χ3v) is 4.93. The van der Waals surface area contributed by atoms with Gasteiger partial charge in [0.15, 0.2) is 0 Å². The first-order valence-electron chi connectivity index (χ1n) is 5.33. The zero-order valence-electron chi connectivity index (χ0n) is 10.3. The SMILES string of the molecule is COc1ccc(C)cc1NC(=O)[C@H](Br)[C@@H](Br)C(=O)O. The van der Waals surface area contributed by atoms with Gasteiger partial charge in [-0.1, -0.05) is 37.9 Å². The summed E-state index contributed by atoms with van der Waals surface area (Å²) in [6, 6.07) is 5.34. The number of carboxylic acids is 1. The smallest absolute Gasteiger partial charge is 0.318 e. The van der Waals surface area contributed by atoms with Crippen LogP contribution >= 0.6 is 31.9 Å². The number of nitrogens with one attached hydrogen (secondary N) is 1. The van der Waals surface area contributed by atoms with E-state index in [1.54, 1.807) is 12.1 Å². The van der Waals surface area contributed by atoms with Crippen LogP contribution in [0.5, 0.6) is 5.75 Å². The van der Waals surface area contributed by atoms with Gasteiger partial charge in [0.25, 0.3) is 0 Å². The molecule has 5 nitrogen and oxygen atoms in total. The summed E-state index contributed by atoms with van der Waals surface area (Å²) in [6.07, 6.45) is 0. The molecule has 0 spiro atoms. The van der Waals surface area contributed by atoms with Crippen molar-refractivity contribution < 1.29 is 19.4 Å². The number of benzene rings is 1. The van der Waals surface area contributed by atoms with Gasteiger partial charge in [-0.3, -0.25) is 9.59 Å². The van der Waals surface area contributed by atoms with Crippen LogP contribution < -0.4 is 10.1 Å². The molecule has 0 aliphatic rings. The molecule has 1 rings (SSSR count). The number of methoxy groups -OCH3 is 1. The minimum Gasteiger partial charge on any atom is -0.495 e. The summed E-state index contributed by atoms with van der Waals surface area (Å²) in [6.45, 7) is 1.88. The number of hydrogen-bond acceptors (Lipinski definition) is 3. The molecule has 0 saturated heterocycles. The lowest BCUT2D eigenvalue weighted by atomic mass is 10.2. The third kappa shape index (κ3) is 4.21. The van der Waals surface area contributed by atoms with Crippen molar-refractivity contribution in [3.63, 3.8) is 0 Å². The number of aliphatic carboxylic acids is 1. The van der Waals surface area contributed by atoms with Crippen LogP contribution in [0.4, 0.5) is 5.69 Å². The van der Waals surface area contributed by atoms with Crippen LogP contribution in [0, 0.1) is 6.92 Å². The number of anilines is 1. The van der Waals surface area contributed by atoms with E-state index in [9.17, 15) is 9.59 Å². The predicted octanol–water partition coefficient (Wildman–Crippen LogP) is 2.55. The topological polar surface area (TPSA) is 75.6 Å². The minimum atomic E-state index is -1.12. The largest absolute Gasteiger partial charge is 0.495 e. The first-order valence-corrected chi connectivity index (χ1v) is 7.16. The molecular formula is C12H13Br2NO4. The number of carboxylic acid groups (broad SMARTS) is 1. The van der Waals surface area contributed by atoms with Crippen molar-refractivity contribution in [3.05, 3.63) is 23.8 Å². The maximum absolute atomic E-state index is 11.9. The van der Waals surface area contributed by atoms with Crippen LogP contribution in [-0.2, 0) is 9.59 Å². The Morgan fingerprint density at radius 3 is 2.47 bits per heavy atom. The average molecular weight is 395 g/mol. The third-order valence-electron chi connectivity index (χ3n) is 2.36. The summed E-state index contributed by atoms with van der Waals surface area (Å²) in [5, 5.41) is 11.5. The molecule has 19 heavy (non-hydrogen) atoms. The number of aryl methyl sites for hydroxylation is 1. The molecule has 104 valence electrons. The highest BCUT2D eigenvalue weighted by Crippen LogP contribution is 2.26. The number of carbonyl (C=O) groups is 2. The van der Waals surface area contributed by atoms with Crippen LogP contribution in [0.25, 0.3) is 0 Å². The zero-order valence-corrected chi connectivity index (χ0v) is 13.5. The number of rotatable bonds is 5. The molecule has 0 radical (unpaired) electrons. The van der Waals surface area contributed by atoms with Gasteiger partial charge in [-0.2, -0.15) is 0 Å². The summed E-state index contributed by atoms with van der Waals surface area (Å²) in [7, 11) is 1.50. The average Bonchev–Trinajstić information content (AvgIpc) is 2.37. The van der Waals surface area contributed by atoms with Gasteiger partial charge in [0.2, 0.25) is 5.91 Å². The van der Waals surface area contributed by atoms with Gasteiger partial charge in [-0.15, -0.1) is 0 Å². The molecule has 0 aromatic heterocycles. The molecule has 0 heterocycles. The van der Waals surface area contributed by atoms with Crippen LogP contribution in [-0.4, -0.2) is 33.7 Å². The monoisotopic (exact) mass is 393 g/mol. The molecule has 0 aliphatic carbocycles. The van der Waals surface area contributed by atoms with Crippen molar-refractivity contribution in [1.29, 1.82) is 0 Å². The van der Waals surface area contributed by atoms with Crippen molar-refractivity contribution in [3.8, 4) is 5.75 Å². The van der Waals surface area contributed by atoms with Gasteiger partial charge in [0.1, 0.15) is 15.4 Å². The van der Waals surface area contributed by atoms with E-state index in [2.05, 4.69) is 37.2 Å². The lowest BCUT2D eigenvalue weighted by Crippen LogP contribution is -2.34. The number of halogens is 2. The minimum absolute atomic E-state index is 0.465. The van der Waals surface area contributed by atoms with E-state index in [1.807, 2.05) is 13.0 Å². The second kappa shape index (κ2) is 6.91. The van der Waals surface area contributed by atoms with Gasteiger partial charge in [0, 0.05) is 0 Å². The maximum Gasteiger partial charge on any atom is 0.318 e. The Bertz CT molecular complexity index is 493. The maximum atomic E-state index is 11.9. The lowest BCUT2D eigenvalue weighted by Gasteiger charge is -2.15. The van der Waals surface area contributed by atoms with Gasteiger partial charge in [0.05, 0.1) is 12.8 Å². The highest BCUT2D eigenvalue weighted by molar-refractivity contribution is 9.12. The molecule has 1 amide bonds. The Morgan fingerprint density at radius 2 is 1.95 bits per heavy atom. The molecule has 1 aromatic rings. The van der Waals surface area contributed by atoms with E-state index in [0.717, 1.165) is 5.56 Å². The Labute approximate surface area is 127 Å². The van der Waals surface area contributed by atoms with E-state index in [-0.39, 0.29) is 0 Å². The lowest BCUT2D eigenvalue weighted by molar-refractivity contribution is -0.137. The van der Waals surface area contributed by atoms with Gasteiger partial charge in [-0.05, 0) is 24.6 Å². The first-order chi connectivity index (χ1) is 8.86. The summed E-state index contributed by atoms with van der Waals surface area (Å²) < 4.78 is 5.13. The van der Waals surface area contributed by atoms with E-state index in [4.69, 9.17) is 9.84 Å². The fourth-order valence-corrected chi connectivity index (χ4v) is 1.96. The summed E-state index contributed by atoms with van der Waals surface area (Å²) in [4.78, 5) is 20.8. The van der Waals surface area contributed by atoms with E-state index >= 15 is 0 Å². The Morgan fingerprint density at radius 1 is 1.32 bits per heavy atom. The second-order valence-electron chi connectivity index (χ2n) is 3.83. The molecule has 0 bridgehead atoms. The Kier molecular flexibility index (Phi) is 5.81. The number of amides is 1. The fourth-order valence-electron chi connectivity index (χ4n) is 1.38. The van der Waals surface area contributed by atoms with Crippen molar-refractivity contribution in [2.75, 3.05) is 12.4 Å². The van der Waals surface area contributed by atoms with Crippen LogP contribution in [0.2, 0.25) is 0 Å². The highest BCUT2D eigenvalue weighted by atomic mass is 79.9. The van der Waals surface area contributed by atoms with E-state index in [0.29, 0.717) is 11.4 Å². The summed E-state index contributed by atoms with van der Waals surface area (Å²) in [5.74, 6) is -1.07. The standard InChI is InChI=1S/C12H13Br2NO4/c1-6-3-4-8(19-2)7(5-6)15-11(16)9(13)10(14)12(17)18/h3-5,9-10H,1-2H3,(H,15,16)(H,17,18)/t9-,10-/m1/s1. The quantitative estimate of drug-likeness (QED) is 0.752. The molecule has 0 aliphatic heterocycles. The molecule has 2 atom stereocenters. The van der Waals surface area contributed by atoms with Crippen LogP contribution in [0.1, 0.15) is 5.56 Å². The molecule has 0 fully saturated rings. The first kappa shape index (κ1) is 16.0. The Balaban J connectivity index is 2.87. The van der Waals surface area contributed by atoms with Crippen LogP contribution in [0.15, 0.2) is 18.2 Å². The number of ether oxygens (including phenoxy) is 1. The van der Waals surface area contributed by atoms with Crippen molar-refractivity contribution >= 4 is 49.4 Å². The van der Waals surface area contributed by atoms with Crippen molar-refractivity contribution in [1.82, 2.24) is 0 Å². The summed E-state index contributed by atoms with van der Waals surface area (Å²) in [5.41, 5.74) is 1.46. The molecule has 2 N–H and O–H groups in total. The Hall–Kier alpha value is -1.08. The van der Waals surface area contributed by atoms with Gasteiger partial charge < -0.3 is 15.2 Å². The highest BCUT2D eigenvalue weighted by Gasteiger charge is 2.29. The number of carbonyl (C=O) groups excluding carboxylic acids is 1. The van der Waals surface area contributed by atoms with Gasteiger partial charge >= 0.3 is 5.97 Å². The van der Waals surface area contributed by atoms with Gasteiger partial charge in [-0.25, -0.2) is 0 Å². The number of alkyl halides is 2. The molecular weight excluding hydrogens is 382 g/mol. The molecule has 0 saturated carbocycles.